The molecule has 0 aliphatic heterocycles. The number of ether oxygens (including phenoxy) is 1. The molecule has 0 fully saturated rings. The first-order valence-corrected chi connectivity index (χ1v) is 5.82. The van der Waals surface area contributed by atoms with Crippen molar-refractivity contribution in [3.8, 4) is 0 Å². The van der Waals surface area contributed by atoms with Crippen LogP contribution in [0.4, 0.5) is 0 Å². The van der Waals surface area contributed by atoms with E-state index in [9.17, 15) is 15.0 Å². The summed E-state index contributed by atoms with van der Waals surface area (Å²) in [7, 11) is 1.21. The van der Waals surface area contributed by atoms with E-state index in [0.717, 1.165) is 0 Å². The second-order valence-electron chi connectivity index (χ2n) is 3.92. The van der Waals surface area contributed by atoms with Gasteiger partial charge in [0.2, 0.25) is 0 Å². The van der Waals surface area contributed by atoms with Crippen LogP contribution in [-0.2, 0) is 9.53 Å². The molecule has 0 bridgehead atoms. The van der Waals surface area contributed by atoms with E-state index in [1.807, 2.05) is 0 Å². The minimum absolute atomic E-state index is 0.214. The van der Waals surface area contributed by atoms with Crippen molar-refractivity contribution in [2.75, 3.05) is 7.11 Å². The van der Waals surface area contributed by atoms with Crippen LogP contribution in [0.1, 0.15) is 18.1 Å². The molecule has 8 heteroatoms. The standard InChI is InChI=1S/C11H12ClN3O4/c1-19-7(17)2-6(16)10(18)5-3-13-9-8(5)14-4-15-11(9)12/h3-4,6,10,13,16,18H,2H2,1H3. The Balaban J connectivity index is 2.29. The van der Waals surface area contributed by atoms with Crippen molar-refractivity contribution in [1.82, 2.24) is 15.0 Å². The molecule has 102 valence electrons. The van der Waals surface area contributed by atoms with E-state index in [4.69, 9.17) is 11.6 Å². The molecule has 2 aromatic heterocycles. The third kappa shape index (κ3) is 2.67. The smallest absolute Gasteiger partial charge is 0.308 e. The Morgan fingerprint density at radius 3 is 2.95 bits per heavy atom. The van der Waals surface area contributed by atoms with Crippen LogP contribution in [-0.4, -0.2) is 44.3 Å². The van der Waals surface area contributed by atoms with E-state index in [2.05, 4.69) is 19.7 Å². The highest BCUT2D eigenvalue weighted by atomic mass is 35.5. The molecule has 0 radical (unpaired) electrons. The molecule has 0 aromatic carbocycles. The Kier molecular flexibility index (Phi) is 3.98. The predicted molar refractivity (Wildman–Crippen MR) is 66.5 cm³/mol. The maximum atomic E-state index is 11.1. The maximum Gasteiger partial charge on any atom is 0.308 e. The molecule has 2 unspecified atom stereocenters. The monoisotopic (exact) mass is 285 g/mol. The zero-order valence-corrected chi connectivity index (χ0v) is 10.8. The van der Waals surface area contributed by atoms with Gasteiger partial charge in [-0.25, -0.2) is 9.97 Å². The van der Waals surface area contributed by atoms with Gasteiger partial charge in [-0.2, -0.15) is 0 Å². The van der Waals surface area contributed by atoms with E-state index >= 15 is 0 Å². The zero-order chi connectivity index (χ0) is 14.0. The highest BCUT2D eigenvalue weighted by Gasteiger charge is 2.25. The molecule has 0 aliphatic carbocycles. The zero-order valence-electron chi connectivity index (χ0n) is 10.00. The molecular weight excluding hydrogens is 274 g/mol. The molecule has 0 spiro atoms. The SMILES string of the molecule is COC(=O)CC(O)C(O)c1c[nH]c2c(Cl)ncnc12. The summed E-state index contributed by atoms with van der Waals surface area (Å²) >= 11 is 5.86. The van der Waals surface area contributed by atoms with Gasteiger partial charge in [0, 0.05) is 11.8 Å². The van der Waals surface area contributed by atoms with Gasteiger partial charge in [0.15, 0.2) is 5.15 Å². The number of aromatic nitrogens is 3. The molecule has 19 heavy (non-hydrogen) atoms. The van der Waals surface area contributed by atoms with Gasteiger partial charge in [0.25, 0.3) is 0 Å². The lowest BCUT2D eigenvalue weighted by Crippen LogP contribution is -2.22. The second-order valence-corrected chi connectivity index (χ2v) is 4.28. The Bertz CT molecular complexity index is 601. The Labute approximate surface area is 113 Å². The number of carbonyl (C=O) groups excluding carboxylic acids is 1. The number of esters is 1. The Morgan fingerprint density at radius 2 is 2.26 bits per heavy atom. The Hall–Kier alpha value is -1.70. The fourth-order valence-electron chi connectivity index (χ4n) is 1.73. The third-order valence-corrected chi connectivity index (χ3v) is 3.02. The number of fused-ring (bicyclic) bond motifs is 1. The summed E-state index contributed by atoms with van der Waals surface area (Å²) in [5.74, 6) is -0.612. The molecule has 2 heterocycles. The number of nitrogens with zero attached hydrogens (tertiary/aromatic N) is 2. The molecule has 0 aliphatic rings. The number of halogens is 1. The van der Waals surface area contributed by atoms with Crippen LogP contribution < -0.4 is 0 Å². The lowest BCUT2D eigenvalue weighted by Gasteiger charge is -2.15. The summed E-state index contributed by atoms with van der Waals surface area (Å²) in [6, 6.07) is 0. The lowest BCUT2D eigenvalue weighted by atomic mass is 10.0. The van der Waals surface area contributed by atoms with Gasteiger partial charge in [0.1, 0.15) is 17.9 Å². The average Bonchev–Trinajstić information content (AvgIpc) is 2.82. The van der Waals surface area contributed by atoms with E-state index < -0.39 is 18.2 Å². The van der Waals surface area contributed by atoms with Crippen LogP contribution in [0.3, 0.4) is 0 Å². The fourth-order valence-corrected chi connectivity index (χ4v) is 1.92. The number of rotatable bonds is 4. The van der Waals surface area contributed by atoms with E-state index in [-0.39, 0.29) is 11.6 Å². The van der Waals surface area contributed by atoms with Crippen molar-refractivity contribution in [3.05, 3.63) is 23.2 Å². The fraction of sp³-hybridized carbons (Fsp3) is 0.364. The number of hydrogen-bond acceptors (Lipinski definition) is 6. The van der Waals surface area contributed by atoms with Crippen molar-refractivity contribution in [1.29, 1.82) is 0 Å². The topological polar surface area (TPSA) is 108 Å². The Morgan fingerprint density at radius 1 is 1.53 bits per heavy atom. The molecule has 3 N–H and O–H groups in total. The van der Waals surface area contributed by atoms with Crippen LogP contribution in [0.25, 0.3) is 11.0 Å². The molecule has 0 saturated heterocycles. The van der Waals surface area contributed by atoms with Gasteiger partial charge in [0.05, 0.1) is 25.2 Å². The summed E-state index contributed by atoms with van der Waals surface area (Å²) in [6.07, 6.45) is -0.167. The van der Waals surface area contributed by atoms with E-state index in [1.54, 1.807) is 0 Å². The minimum Gasteiger partial charge on any atom is -0.469 e. The molecule has 2 rings (SSSR count). The van der Waals surface area contributed by atoms with Crippen LogP contribution in [0.15, 0.2) is 12.5 Å². The molecule has 0 saturated carbocycles. The van der Waals surface area contributed by atoms with Crippen molar-refractivity contribution in [3.63, 3.8) is 0 Å². The van der Waals surface area contributed by atoms with Gasteiger partial charge in [-0.3, -0.25) is 4.79 Å². The quantitative estimate of drug-likeness (QED) is 0.560. The molecule has 0 amide bonds. The first kappa shape index (κ1) is 13.7. The van der Waals surface area contributed by atoms with Crippen LogP contribution in [0, 0.1) is 0 Å². The first-order chi connectivity index (χ1) is 9.04. The number of aliphatic hydroxyl groups is 2. The molecule has 2 atom stereocenters. The van der Waals surface area contributed by atoms with E-state index in [0.29, 0.717) is 16.6 Å². The number of nitrogens with one attached hydrogen (secondary N) is 1. The maximum absolute atomic E-state index is 11.1. The normalized spacial score (nSPS) is 14.3. The number of aliphatic hydroxyl groups excluding tert-OH is 2. The van der Waals surface area contributed by atoms with Crippen LogP contribution in [0.5, 0.6) is 0 Å². The van der Waals surface area contributed by atoms with Crippen LogP contribution >= 0.6 is 11.6 Å². The summed E-state index contributed by atoms with van der Waals surface area (Å²) in [4.78, 5) is 21.7. The van der Waals surface area contributed by atoms with Gasteiger partial charge in [-0.1, -0.05) is 11.6 Å². The number of methoxy groups -OCH3 is 1. The van der Waals surface area contributed by atoms with Gasteiger partial charge in [-0.05, 0) is 0 Å². The lowest BCUT2D eigenvalue weighted by molar-refractivity contribution is -0.144. The average molecular weight is 286 g/mol. The highest BCUT2D eigenvalue weighted by Crippen LogP contribution is 2.28. The summed E-state index contributed by atoms with van der Waals surface area (Å²) < 4.78 is 4.43. The second kappa shape index (κ2) is 5.52. The van der Waals surface area contributed by atoms with Gasteiger partial charge >= 0.3 is 5.97 Å². The van der Waals surface area contributed by atoms with Gasteiger partial charge < -0.3 is 19.9 Å². The van der Waals surface area contributed by atoms with Gasteiger partial charge in [-0.15, -0.1) is 0 Å². The number of carbonyl (C=O) groups is 1. The van der Waals surface area contributed by atoms with Crippen molar-refractivity contribution in [2.24, 2.45) is 0 Å². The van der Waals surface area contributed by atoms with Crippen molar-refractivity contribution >= 4 is 28.6 Å². The summed E-state index contributed by atoms with van der Waals surface area (Å²) in [6.45, 7) is 0. The first-order valence-electron chi connectivity index (χ1n) is 5.45. The molecule has 2 aromatic rings. The molecule has 7 nitrogen and oxygen atoms in total. The van der Waals surface area contributed by atoms with Crippen LogP contribution in [0.2, 0.25) is 5.15 Å². The van der Waals surface area contributed by atoms with Crippen molar-refractivity contribution < 1.29 is 19.7 Å². The largest absolute Gasteiger partial charge is 0.469 e. The predicted octanol–water partition coefficient (Wildman–Crippen LogP) is 0.569. The molecular formula is C11H12ClN3O4. The number of aromatic amines is 1. The summed E-state index contributed by atoms with van der Waals surface area (Å²) in [5, 5.41) is 20.0. The minimum atomic E-state index is -1.29. The number of hydrogen-bond donors (Lipinski definition) is 3. The van der Waals surface area contributed by atoms with E-state index in [1.165, 1.54) is 19.6 Å². The third-order valence-electron chi connectivity index (χ3n) is 2.73. The number of H-pyrrole nitrogens is 1. The van der Waals surface area contributed by atoms with Crippen molar-refractivity contribution in [2.45, 2.75) is 18.6 Å². The summed E-state index contributed by atoms with van der Waals surface area (Å²) in [5.41, 5.74) is 1.20. The highest BCUT2D eigenvalue weighted by molar-refractivity contribution is 6.33.